The van der Waals surface area contributed by atoms with Gasteiger partial charge >= 0.3 is 5.97 Å². The normalized spacial score (nSPS) is 10.1. The molecular formula is C18H19ClN2O3. The fraction of sp³-hybridized carbons (Fsp3) is 0.222. The highest BCUT2D eigenvalue weighted by atomic mass is 35.5. The molecule has 0 spiro atoms. The van der Waals surface area contributed by atoms with Crippen LogP contribution in [0.25, 0.3) is 0 Å². The van der Waals surface area contributed by atoms with Gasteiger partial charge in [0.05, 0.1) is 29.4 Å². The Bertz CT molecular complexity index is 702. The average Bonchev–Trinajstić information content (AvgIpc) is 2.59. The summed E-state index contributed by atoms with van der Waals surface area (Å²) in [5.74, 6) is -0.577. The zero-order valence-corrected chi connectivity index (χ0v) is 14.1. The molecule has 0 unspecified atom stereocenters. The maximum absolute atomic E-state index is 11.9. The Morgan fingerprint density at radius 3 is 2.46 bits per heavy atom. The SMILES string of the molecule is CCCOC(=O)c1ccc(NC(=O)CNc2ccccc2Cl)cc1. The Morgan fingerprint density at radius 2 is 1.79 bits per heavy atom. The van der Waals surface area contributed by atoms with E-state index in [4.69, 9.17) is 16.3 Å². The molecule has 0 radical (unpaired) electrons. The highest BCUT2D eigenvalue weighted by Crippen LogP contribution is 2.20. The molecule has 2 rings (SSSR count). The second-order valence-electron chi connectivity index (χ2n) is 5.09. The predicted molar refractivity (Wildman–Crippen MR) is 95.6 cm³/mol. The molecule has 0 heterocycles. The molecule has 0 bridgehead atoms. The van der Waals surface area contributed by atoms with Crippen molar-refractivity contribution in [3.05, 3.63) is 59.1 Å². The Balaban J connectivity index is 1.85. The van der Waals surface area contributed by atoms with Gasteiger partial charge in [0.1, 0.15) is 0 Å². The lowest BCUT2D eigenvalue weighted by atomic mass is 10.2. The van der Waals surface area contributed by atoms with Crippen molar-refractivity contribution in [3.8, 4) is 0 Å². The first-order valence-electron chi connectivity index (χ1n) is 7.65. The minimum Gasteiger partial charge on any atom is -0.462 e. The van der Waals surface area contributed by atoms with Gasteiger partial charge in [0.15, 0.2) is 0 Å². The summed E-state index contributed by atoms with van der Waals surface area (Å²) < 4.78 is 5.05. The molecule has 0 atom stereocenters. The number of anilines is 2. The van der Waals surface area contributed by atoms with Crippen LogP contribution in [0.3, 0.4) is 0 Å². The topological polar surface area (TPSA) is 67.4 Å². The van der Waals surface area contributed by atoms with E-state index in [0.29, 0.717) is 28.6 Å². The molecule has 0 aromatic heterocycles. The van der Waals surface area contributed by atoms with Crippen molar-refractivity contribution in [2.24, 2.45) is 0 Å². The van der Waals surface area contributed by atoms with Crippen molar-refractivity contribution in [1.29, 1.82) is 0 Å². The summed E-state index contributed by atoms with van der Waals surface area (Å²) in [6.45, 7) is 2.41. The van der Waals surface area contributed by atoms with Gasteiger partial charge in [0.25, 0.3) is 0 Å². The minimum atomic E-state index is -0.366. The first kappa shape index (κ1) is 17.8. The zero-order chi connectivity index (χ0) is 17.4. The second kappa shape index (κ2) is 8.93. The number of halogens is 1. The van der Waals surface area contributed by atoms with Crippen LogP contribution in [0.15, 0.2) is 48.5 Å². The highest BCUT2D eigenvalue weighted by Gasteiger charge is 2.08. The first-order chi connectivity index (χ1) is 11.6. The summed E-state index contributed by atoms with van der Waals surface area (Å²) in [6.07, 6.45) is 0.776. The van der Waals surface area contributed by atoms with Crippen LogP contribution in [-0.4, -0.2) is 25.0 Å². The van der Waals surface area contributed by atoms with Crippen LogP contribution in [0, 0.1) is 0 Å². The summed E-state index contributed by atoms with van der Waals surface area (Å²) in [4.78, 5) is 23.6. The lowest BCUT2D eigenvalue weighted by Crippen LogP contribution is -2.21. The number of carbonyl (C=O) groups is 2. The number of rotatable bonds is 7. The van der Waals surface area contributed by atoms with Crippen LogP contribution >= 0.6 is 11.6 Å². The van der Waals surface area contributed by atoms with Gasteiger partial charge in [-0.05, 0) is 42.8 Å². The molecule has 2 aromatic carbocycles. The smallest absolute Gasteiger partial charge is 0.338 e. The maximum atomic E-state index is 11.9. The van der Waals surface area contributed by atoms with Crippen LogP contribution in [-0.2, 0) is 9.53 Å². The lowest BCUT2D eigenvalue weighted by molar-refractivity contribution is -0.114. The molecule has 5 nitrogen and oxygen atoms in total. The van der Waals surface area contributed by atoms with E-state index >= 15 is 0 Å². The third-order valence-corrected chi connectivity index (χ3v) is 3.48. The van der Waals surface area contributed by atoms with E-state index in [9.17, 15) is 9.59 Å². The molecule has 126 valence electrons. The number of hydrogen-bond acceptors (Lipinski definition) is 4. The number of carbonyl (C=O) groups excluding carboxylic acids is 2. The van der Waals surface area contributed by atoms with Crippen LogP contribution < -0.4 is 10.6 Å². The van der Waals surface area contributed by atoms with Crippen LogP contribution in [0.1, 0.15) is 23.7 Å². The van der Waals surface area contributed by atoms with Gasteiger partial charge in [0.2, 0.25) is 5.91 Å². The summed E-state index contributed by atoms with van der Waals surface area (Å²) in [6, 6.07) is 13.8. The summed E-state index contributed by atoms with van der Waals surface area (Å²) in [7, 11) is 0. The van der Waals surface area contributed by atoms with Crippen molar-refractivity contribution in [2.75, 3.05) is 23.8 Å². The minimum absolute atomic E-state index is 0.0873. The quantitative estimate of drug-likeness (QED) is 0.745. The number of para-hydroxylation sites is 1. The first-order valence-corrected chi connectivity index (χ1v) is 8.03. The third kappa shape index (κ3) is 5.28. The number of benzene rings is 2. The molecule has 2 aromatic rings. The van der Waals surface area contributed by atoms with Gasteiger partial charge < -0.3 is 15.4 Å². The van der Waals surface area contributed by atoms with Crippen molar-refractivity contribution in [2.45, 2.75) is 13.3 Å². The summed E-state index contributed by atoms with van der Waals surface area (Å²) >= 11 is 6.01. The molecular weight excluding hydrogens is 328 g/mol. The number of esters is 1. The molecule has 0 aliphatic heterocycles. The number of nitrogens with one attached hydrogen (secondary N) is 2. The van der Waals surface area contributed by atoms with Gasteiger partial charge in [-0.15, -0.1) is 0 Å². The molecule has 0 fully saturated rings. The van der Waals surface area contributed by atoms with Gasteiger partial charge in [-0.1, -0.05) is 30.7 Å². The summed E-state index contributed by atoms with van der Waals surface area (Å²) in [5.41, 5.74) is 1.76. The van der Waals surface area contributed by atoms with E-state index in [0.717, 1.165) is 6.42 Å². The van der Waals surface area contributed by atoms with Crippen molar-refractivity contribution in [1.82, 2.24) is 0 Å². The zero-order valence-electron chi connectivity index (χ0n) is 13.3. The number of ether oxygens (including phenoxy) is 1. The van der Waals surface area contributed by atoms with E-state index in [-0.39, 0.29) is 18.4 Å². The Morgan fingerprint density at radius 1 is 1.08 bits per heavy atom. The summed E-state index contributed by atoms with van der Waals surface area (Å²) in [5, 5.41) is 6.27. The van der Waals surface area contributed by atoms with Gasteiger partial charge in [0, 0.05) is 5.69 Å². The van der Waals surface area contributed by atoms with E-state index in [1.165, 1.54) is 0 Å². The Labute approximate surface area is 146 Å². The second-order valence-corrected chi connectivity index (χ2v) is 5.50. The number of hydrogen-bond donors (Lipinski definition) is 2. The molecule has 2 N–H and O–H groups in total. The van der Waals surface area contributed by atoms with E-state index in [1.54, 1.807) is 36.4 Å². The van der Waals surface area contributed by atoms with Gasteiger partial charge in [-0.3, -0.25) is 4.79 Å². The Hall–Kier alpha value is -2.53. The van der Waals surface area contributed by atoms with Crippen LogP contribution in [0.5, 0.6) is 0 Å². The Kier molecular flexibility index (Phi) is 6.63. The molecule has 24 heavy (non-hydrogen) atoms. The van der Waals surface area contributed by atoms with Crippen LogP contribution in [0.4, 0.5) is 11.4 Å². The monoisotopic (exact) mass is 346 g/mol. The maximum Gasteiger partial charge on any atom is 0.338 e. The average molecular weight is 347 g/mol. The predicted octanol–water partition coefficient (Wildman–Crippen LogP) is 3.96. The van der Waals surface area contributed by atoms with Crippen molar-refractivity contribution < 1.29 is 14.3 Å². The fourth-order valence-corrected chi connectivity index (χ4v) is 2.16. The van der Waals surface area contributed by atoms with Crippen LogP contribution in [0.2, 0.25) is 5.02 Å². The van der Waals surface area contributed by atoms with Gasteiger partial charge in [-0.25, -0.2) is 4.79 Å². The van der Waals surface area contributed by atoms with E-state index in [2.05, 4.69) is 10.6 Å². The molecule has 0 aliphatic carbocycles. The van der Waals surface area contributed by atoms with Crippen molar-refractivity contribution >= 4 is 34.9 Å². The molecule has 1 amide bonds. The van der Waals surface area contributed by atoms with E-state index in [1.807, 2.05) is 19.1 Å². The molecule has 6 heteroatoms. The largest absolute Gasteiger partial charge is 0.462 e. The fourth-order valence-electron chi connectivity index (χ4n) is 1.95. The van der Waals surface area contributed by atoms with Crippen molar-refractivity contribution in [3.63, 3.8) is 0 Å². The standard InChI is InChI=1S/C18H19ClN2O3/c1-2-11-24-18(23)13-7-9-14(10-8-13)21-17(22)12-20-16-6-4-3-5-15(16)19/h3-10,20H,2,11-12H2,1H3,(H,21,22). The molecule has 0 saturated carbocycles. The number of amides is 1. The molecule has 0 saturated heterocycles. The highest BCUT2D eigenvalue weighted by molar-refractivity contribution is 6.33. The van der Waals surface area contributed by atoms with Gasteiger partial charge in [-0.2, -0.15) is 0 Å². The van der Waals surface area contributed by atoms with E-state index < -0.39 is 0 Å². The lowest BCUT2D eigenvalue weighted by Gasteiger charge is -2.09. The third-order valence-electron chi connectivity index (χ3n) is 3.15. The molecule has 0 aliphatic rings.